The lowest BCUT2D eigenvalue weighted by Crippen LogP contribution is -2.47. The molecule has 2 unspecified atom stereocenters. The van der Waals surface area contributed by atoms with E-state index in [4.69, 9.17) is 4.74 Å². The molecule has 21 heavy (non-hydrogen) atoms. The van der Waals surface area contributed by atoms with Crippen molar-refractivity contribution in [3.63, 3.8) is 0 Å². The highest BCUT2D eigenvalue weighted by Crippen LogP contribution is 2.34. The number of piperidine rings is 1. The van der Waals surface area contributed by atoms with Crippen LogP contribution < -0.4 is 0 Å². The van der Waals surface area contributed by atoms with Gasteiger partial charge in [-0.3, -0.25) is 9.59 Å². The molecule has 2 rings (SSSR count). The largest absolute Gasteiger partial charge is 0.481 e. The molecule has 0 aromatic carbocycles. The number of carboxylic acids is 1. The number of ether oxygens (including phenoxy) is 1. The number of amides is 1. The lowest BCUT2D eigenvalue weighted by Gasteiger charge is -2.39. The molecule has 2 fully saturated rings. The van der Waals surface area contributed by atoms with Crippen molar-refractivity contribution in [1.82, 2.24) is 4.90 Å². The van der Waals surface area contributed by atoms with Gasteiger partial charge in [-0.2, -0.15) is 0 Å². The highest BCUT2D eigenvalue weighted by atomic mass is 16.5. The lowest BCUT2D eigenvalue weighted by molar-refractivity contribution is -0.153. The molecular weight excluding hydrogens is 270 g/mol. The first-order valence-corrected chi connectivity index (χ1v) is 8.04. The predicted octanol–water partition coefficient (Wildman–Crippen LogP) is 2.30. The highest BCUT2D eigenvalue weighted by Gasteiger charge is 2.40. The Morgan fingerprint density at radius 2 is 2.00 bits per heavy atom. The topological polar surface area (TPSA) is 66.8 Å². The summed E-state index contributed by atoms with van der Waals surface area (Å²) in [5.74, 6) is -0.634. The zero-order valence-corrected chi connectivity index (χ0v) is 13.1. The van der Waals surface area contributed by atoms with Crippen molar-refractivity contribution in [3.8, 4) is 0 Å². The fourth-order valence-corrected chi connectivity index (χ4v) is 3.26. The van der Waals surface area contributed by atoms with Crippen LogP contribution >= 0.6 is 0 Å². The van der Waals surface area contributed by atoms with E-state index in [-0.39, 0.29) is 17.9 Å². The van der Waals surface area contributed by atoms with Gasteiger partial charge < -0.3 is 14.7 Å². The summed E-state index contributed by atoms with van der Waals surface area (Å²) in [4.78, 5) is 25.6. The van der Waals surface area contributed by atoms with Crippen molar-refractivity contribution in [2.75, 3.05) is 19.7 Å². The van der Waals surface area contributed by atoms with Gasteiger partial charge in [-0.25, -0.2) is 0 Å². The SMILES string of the molecule is CC(C)(C(=O)O)C1CCCN(C(=O)CC2CCCCO2)C1. The summed E-state index contributed by atoms with van der Waals surface area (Å²) >= 11 is 0. The van der Waals surface area contributed by atoms with Gasteiger partial charge in [-0.05, 0) is 51.9 Å². The van der Waals surface area contributed by atoms with Crippen molar-refractivity contribution < 1.29 is 19.4 Å². The van der Waals surface area contributed by atoms with Gasteiger partial charge in [-0.15, -0.1) is 0 Å². The van der Waals surface area contributed by atoms with Crippen molar-refractivity contribution in [1.29, 1.82) is 0 Å². The first-order valence-electron chi connectivity index (χ1n) is 8.04. The minimum absolute atomic E-state index is 0.0278. The summed E-state index contributed by atoms with van der Waals surface area (Å²) in [5, 5.41) is 9.36. The normalized spacial score (nSPS) is 27.4. The fourth-order valence-electron chi connectivity index (χ4n) is 3.26. The lowest BCUT2D eigenvalue weighted by atomic mass is 9.74. The van der Waals surface area contributed by atoms with Gasteiger partial charge in [-0.1, -0.05) is 0 Å². The van der Waals surface area contributed by atoms with Crippen LogP contribution in [0.2, 0.25) is 0 Å². The van der Waals surface area contributed by atoms with Gasteiger partial charge in [0.2, 0.25) is 5.91 Å². The summed E-state index contributed by atoms with van der Waals surface area (Å²) in [6.07, 6.45) is 5.45. The average molecular weight is 297 g/mol. The van der Waals surface area contributed by atoms with Gasteiger partial charge in [0.05, 0.1) is 17.9 Å². The van der Waals surface area contributed by atoms with E-state index in [2.05, 4.69) is 0 Å². The quantitative estimate of drug-likeness (QED) is 0.864. The molecule has 2 aliphatic rings. The van der Waals surface area contributed by atoms with E-state index in [1.54, 1.807) is 13.8 Å². The van der Waals surface area contributed by atoms with Crippen molar-refractivity contribution in [2.45, 2.75) is 58.5 Å². The minimum atomic E-state index is -0.780. The Kier molecular flexibility index (Phi) is 5.25. The number of nitrogens with zero attached hydrogens (tertiary/aromatic N) is 1. The Morgan fingerprint density at radius 1 is 1.24 bits per heavy atom. The van der Waals surface area contributed by atoms with E-state index in [1.165, 1.54) is 0 Å². The smallest absolute Gasteiger partial charge is 0.309 e. The third-order valence-electron chi connectivity index (χ3n) is 5.02. The van der Waals surface area contributed by atoms with Gasteiger partial charge in [0.1, 0.15) is 0 Å². The first kappa shape index (κ1) is 16.3. The summed E-state index contributed by atoms with van der Waals surface area (Å²) in [5.41, 5.74) is -0.777. The monoisotopic (exact) mass is 297 g/mol. The Bertz CT molecular complexity index is 388. The molecule has 120 valence electrons. The Morgan fingerprint density at radius 3 is 2.62 bits per heavy atom. The van der Waals surface area contributed by atoms with Crippen LogP contribution in [0.3, 0.4) is 0 Å². The standard InChI is InChI=1S/C16H27NO4/c1-16(2,15(19)20)12-6-5-8-17(11-12)14(18)10-13-7-3-4-9-21-13/h12-13H,3-11H2,1-2H3,(H,19,20). The Hall–Kier alpha value is -1.10. The number of carbonyl (C=O) groups is 2. The third kappa shape index (κ3) is 3.96. The van der Waals surface area contributed by atoms with Crippen molar-refractivity contribution >= 4 is 11.9 Å². The molecule has 0 saturated carbocycles. The van der Waals surface area contributed by atoms with Gasteiger partial charge in [0, 0.05) is 19.7 Å². The molecule has 2 saturated heterocycles. The Balaban J connectivity index is 1.90. The highest BCUT2D eigenvalue weighted by molar-refractivity contribution is 5.77. The molecular formula is C16H27NO4. The van der Waals surface area contributed by atoms with Gasteiger partial charge >= 0.3 is 5.97 Å². The zero-order valence-electron chi connectivity index (χ0n) is 13.1. The fraction of sp³-hybridized carbons (Fsp3) is 0.875. The number of hydrogen-bond acceptors (Lipinski definition) is 3. The number of aliphatic carboxylic acids is 1. The van der Waals surface area contributed by atoms with Gasteiger partial charge in [0.15, 0.2) is 0 Å². The zero-order chi connectivity index (χ0) is 15.5. The van der Waals surface area contributed by atoms with E-state index in [0.717, 1.165) is 45.3 Å². The molecule has 2 aliphatic heterocycles. The molecule has 0 aromatic heterocycles. The van der Waals surface area contributed by atoms with E-state index in [0.29, 0.717) is 13.0 Å². The molecule has 2 heterocycles. The minimum Gasteiger partial charge on any atom is -0.481 e. The van der Waals surface area contributed by atoms with Crippen LogP contribution in [0.25, 0.3) is 0 Å². The molecule has 5 nitrogen and oxygen atoms in total. The number of carbonyl (C=O) groups excluding carboxylic acids is 1. The van der Waals surface area contributed by atoms with Gasteiger partial charge in [0.25, 0.3) is 0 Å². The van der Waals surface area contributed by atoms with E-state index < -0.39 is 11.4 Å². The summed E-state index contributed by atoms with van der Waals surface area (Å²) < 4.78 is 5.63. The van der Waals surface area contributed by atoms with E-state index in [9.17, 15) is 14.7 Å². The number of likely N-dealkylation sites (tertiary alicyclic amines) is 1. The molecule has 0 bridgehead atoms. The number of hydrogen-bond donors (Lipinski definition) is 1. The van der Waals surface area contributed by atoms with Crippen LogP contribution in [-0.2, 0) is 14.3 Å². The van der Waals surface area contributed by atoms with Crippen molar-refractivity contribution in [3.05, 3.63) is 0 Å². The van der Waals surface area contributed by atoms with Crippen LogP contribution in [0.5, 0.6) is 0 Å². The summed E-state index contributed by atoms with van der Waals surface area (Å²) in [6, 6.07) is 0. The second-order valence-electron chi connectivity index (χ2n) is 6.90. The molecule has 0 aromatic rings. The maximum absolute atomic E-state index is 12.4. The summed E-state index contributed by atoms with van der Waals surface area (Å²) in [6.45, 7) is 5.59. The van der Waals surface area contributed by atoms with E-state index in [1.807, 2.05) is 4.90 Å². The number of rotatable bonds is 4. The Labute approximate surface area is 126 Å². The maximum atomic E-state index is 12.4. The molecule has 2 atom stereocenters. The first-order chi connectivity index (χ1) is 9.91. The van der Waals surface area contributed by atoms with E-state index >= 15 is 0 Å². The predicted molar refractivity (Wildman–Crippen MR) is 78.9 cm³/mol. The second kappa shape index (κ2) is 6.77. The maximum Gasteiger partial charge on any atom is 0.309 e. The molecule has 1 amide bonds. The average Bonchev–Trinajstić information content (AvgIpc) is 2.48. The third-order valence-corrected chi connectivity index (χ3v) is 5.02. The van der Waals surface area contributed by atoms with Crippen LogP contribution in [0.1, 0.15) is 52.4 Å². The second-order valence-corrected chi connectivity index (χ2v) is 6.90. The molecule has 0 spiro atoms. The van der Waals surface area contributed by atoms with Crippen molar-refractivity contribution in [2.24, 2.45) is 11.3 Å². The molecule has 0 aliphatic carbocycles. The van der Waals surface area contributed by atoms with Crippen LogP contribution in [-0.4, -0.2) is 47.7 Å². The van der Waals surface area contributed by atoms with Crippen LogP contribution in [0.15, 0.2) is 0 Å². The molecule has 0 radical (unpaired) electrons. The van der Waals surface area contributed by atoms with Crippen LogP contribution in [0.4, 0.5) is 0 Å². The summed E-state index contributed by atoms with van der Waals surface area (Å²) in [7, 11) is 0. The number of carboxylic acid groups (broad SMARTS) is 1. The molecule has 5 heteroatoms. The van der Waals surface area contributed by atoms with Crippen LogP contribution in [0, 0.1) is 11.3 Å². The molecule has 1 N–H and O–H groups in total.